The Hall–Kier alpha value is -0.650. The van der Waals surface area contributed by atoms with Crippen LogP contribution in [0.2, 0.25) is 0 Å². The maximum atomic E-state index is 12.3. The fraction of sp³-hybridized carbons (Fsp3) is 0.929. The van der Waals surface area contributed by atoms with Gasteiger partial charge in [-0.15, -0.1) is 0 Å². The van der Waals surface area contributed by atoms with Crippen molar-refractivity contribution in [1.82, 2.24) is 9.80 Å². The lowest BCUT2D eigenvalue weighted by Gasteiger charge is -2.32. The molecule has 1 amide bonds. The van der Waals surface area contributed by atoms with Crippen molar-refractivity contribution in [3.05, 3.63) is 0 Å². The molecule has 2 fully saturated rings. The van der Waals surface area contributed by atoms with E-state index in [1.54, 1.807) is 0 Å². The quantitative estimate of drug-likeness (QED) is 0.797. The van der Waals surface area contributed by atoms with Crippen LogP contribution in [0.15, 0.2) is 0 Å². The summed E-state index contributed by atoms with van der Waals surface area (Å²) in [6, 6.07) is 0.158. The zero-order valence-corrected chi connectivity index (χ0v) is 12.2. The van der Waals surface area contributed by atoms with E-state index < -0.39 is 0 Å². The maximum Gasteiger partial charge on any atom is 0.239 e. The van der Waals surface area contributed by atoms with E-state index in [0.29, 0.717) is 6.04 Å². The molecule has 0 spiro atoms. The Kier molecular flexibility index (Phi) is 5.19. The number of hydrogen-bond acceptors (Lipinski definition) is 4. The van der Waals surface area contributed by atoms with Gasteiger partial charge in [-0.05, 0) is 12.3 Å². The molecule has 0 aromatic carbocycles. The molecule has 5 heteroatoms. The molecular weight excluding hydrogens is 242 g/mol. The molecule has 5 nitrogen and oxygen atoms in total. The summed E-state index contributed by atoms with van der Waals surface area (Å²) < 4.78 is 5.38. The van der Waals surface area contributed by atoms with Crippen molar-refractivity contribution in [3.8, 4) is 0 Å². The Morgan fingerprint density at radius 3 is 2.68 bits per heavy atom. The largest absolute Gasteiger partial charge is 0.379 e. The van der Waals surface area contributed by atoms with Gasteiger partial charge in [0.25, 0.3) is 0 Å². The van der Waals surface area contributed by atoms with Gasteiger partial charge in [0.1, 0.15) is 0 Å². The van der Waals surface area contributed by atoms with Crippen molar-refractivity contribution in [2.75, 3.05) is 39.4 Å². The molecule has 110 valence electrons. The summed E-state index contributed by atoms with van der Waals surface area (Å²) in [7, 11) is 0. The number of amides is 1. The first-order valence-electron chi connectivity index (χ1n) is 7.49. The van der Waals surface area contributed by atoms with E-state index in [1.165, 1.54) is 0 Å². The van der Waals surface area contributed by atoms with Gasteiger partial charge < -0.3 is 15.4 Å². The normalized spacial score (nSPS) is 28.4. The van der Waals surface area contributed by atoms with Crippen LogP contribution in [0, 0.1) is 5.92 Å². The SMILES string of the molecule is CC[C@H](C)[C@H](N)C(=O)N1CCC(N2CCOCC2)C1. The molecule has 2 rings (SSSR count). The molecule has 2 saturated heterocycles. The fourth-order valence-corrected chi connectivity index (χ4v) is 2.89. The number of hydrogen-bond donors (Lipinski definition) is 1. The van der Waals surface area contributed by atoms with Gasteiger partial charge >= 0.3 is 0 Å². The maximum absolute atomic E-state index is 12.3. The summed E-state index contributed by atoms with van der Waals surface area (Å²) in [4.78, 5) is 16.7. The first-order chi connectivity index (χ1) is 9.13. The van der Waals surface area contributed by atoms with Crippen LogP contribution in [0.25, 0.3) is 0 Å². The van der Waals surface area contributed by atoms with Crippen molar-refractivity contribution in [1.29, 1.82) is 0 Å². The van der Waals surface area contributed by atoms with Gasteiger partial charge in [-0.25, -0.2) is 0 Å². The third-order valence-electron chi connectivity index (χ3n) is 4.58. The van der Waals surface area contributed by atoms with Crippen LogP contribution < -0.4 is 5.73 Å². The van der Waals surface area contributed by atoms with Crippen LogP contribution in [-0.2, 0) is 9.53 Å². The zero-order valence-electron chi connectivity index (χ0n) is 12.2. The average Bonchev–Trinajstić information content (AvgIpc) is 2.95. The van der Waals surface area contributed by atoms with Gasteiger partial charge in [0.2, 0.25) is 5.91 Å². The monoisotopic (exact) mass is 269 g/mol. The summed E-state index contributed by atoms with van der Waals surface area (Å²) in [6.45, 7) is 9.44. The molecule has 19 heavy (non-hydrogen) atoms. The highest BCUT2D eigenvalue weighted by molar-refractivity contribution is 5.82. The number of nitrogens with two attached hydrogens (primary N) is 1. The molecular formula is C14H27N3O2. The Balaban J connectivity index is 1.85. The Morgan fingerprint density at radius 2 is 2.05 bits per heavy atom. The van der Waals surface area contributed by atoms with Crippen LogP contribution >= 0.6 is 0 Å². The van der Waals surface area contributed by atoms with E-state index >= 15 is 0 Å². The summed E-state index contributed by atoms with van der Waals surface area (Å²) in [5.74, 6) is 0.389. The number of carbonyl (C=O) groups excluding carboxylic acids is 1. The minimum atomic E-state index is -0.339. The van der Waals surface area contributed by atoms with Crippen LogP contribution in [0.1, 0.15) is 26.7 Å². The molecule has 0 saturated carbocycles. The minimum Gasteiger partial charge on any atom is -0.379 e. The highest BCUT2D eigenvalue weighted by Crippen LogP contribution is 2.19. The number of rotatable bonds is 4. The minimum absolute atomic E-state index is 0.130. The molecule has 1 unspecified atom stereocenters. The van der Waals surface area contributed by atoms with Gasteiger partial charge in [-0.3, -0.25) is 9.69 Å². The van der Waals surface area contributed by atoms with E-state index in [-0.39, 0.29) is 17.9 Å². The first-order valence-corrected chi connectivity index (χ1v) is 7.49. The molecule has 0 bridgehead atoms. The van der Waals surface area contributed by atoms with Crippen molar-refractivity contribution in [3.63, 3.8) is 0 Å². The van der Waals surface area contributed by atoms with E-state index in [9.17, 15) is 4.79 Å². The molecule has 0 aromatic heterocycles. The molecule has 0 aliphatic carbocycles. The molecule has 2 aliphatic rings. The van der Waals surface area contributed by atoms with E-state index in [0.717, 1.165) is 52.2 Å². The highest BCUT2D eigenvalue weighted by atomic mass is 16.5. The third-order valence-corrected chi connectivity index (χ3v) is 4.58. The lowest BCUT2D eigenvalue weighted by Crippen LogP contribution is -2.48. The van der Waals surface area contributed by atoms with Gasteiger partial charge in [0, 0.05) is 32.2 Å². The van der Waals surface area contributed by atoms with Crippen molar-refractivity contribution in [2.24, 2.45) is 11.7 Å². The fourth-order valence-electron chi connectivity index (χ4n) is 2.89. The van der Waals surface area contributed by atoms with Crippen molar-refractivity contribution < 1.29 is 9.53 Å². The summed E-state index contributed by atoms with van der Waals surface area (Å²) >= 11 is 0. The molecule has 0 aromatic rings. The molecule has 2 heterocycles. The van der Waals surface area contributed by atoms with Crippen molar-refractivity contribution >= 4 is 5.91 Å². The van der Waals surface area contributed by atoms with Gasteiger partial charge in [0.05, 0.1) is 19.3 Å². The third kappa shape index (κ3) is 3.46. The molecule has 0 radical (unpaired) electrons. The molecule has 2 aliphatic heterocycles. The topological polar surface area (TPSA) is 58.8 Å². The highest BCUT2D eigenvalue weighted by Gasteiger charge is 2.33. The standard InChI is InChI=1S/C14H27N3O2/c1-3-11(2)13(15)14(18)17-5-4-12(10-17)16-6-8-19-9-7-16/h11-13H,3-10,15H2,1-2H3/t11-,12?,13-/m0/s1. The smallest absolute Gasteiger partial charge is 0.239 e. The lowest BCUT2D eigenvalue weighted by atomic mass is 9.99. The van der Waals surface area contributed by atoms with Crippen LogP contribution in [-0.4, -0.2) is 67.2 Å². The van der Waals surface area contributed by atoms with Gasteiger partial charge in [-0.2, -0.15) is 0 Å². The predicted molar refractivity (Wildman–Crippen MR) is 74.8 cm³/mol. The average molecular weight is 269 g/mol. The second-order valence-electron chi connectivity index (χ2n) is 5.79. The van der Waals surface area contributed by atoms with Crippen LogP contribution in [0.3, 0.4) is 0 Å². The number of carbonyl (C=O) groups is 1. The first kappa shape index (κ1) is 14.8. The van der Waals surface area contributed by atoms with Gasteiger partial charge in [0.15, 0.2) is 0 Å². The zero-order chi connectivity index (χ0) is 13.8. The number of ether oxygens (including phenoxy) is 1. The van der Waals surface area contributed by atoms with E-state index in [1.807, 2.05) is 4.90 Å². The summed E-state index contributed by atoms with van der Waals surface area (Å²) in [5.41, 5.74) is 6.05. The summed E-state index contributed by atoms with van der Waals surface area (Å²) in [6.07, 6.45) is 2.02. The summed E-state index contributed by atoms with van der Waals surface area (Å²) in [5, 5.41) is 0. The second kappa shape index (κ2) is 6.68. The number of likely N-dealkylation sites (tertiary alicyclic amines) is 1. The van der Waals surface area contributed by atoms with Crippen LogP contribution in [0.4, 0.5) is 0 Å². The Bertz CT molecular complexity index is 305. The molecule has 2 N–H and O–H groups in total. The number of nitrogens with zero attached hydrogens (tertiary/aromatic N) is 2. The lowest BCUT2D eigenvalue weighted by molar-refractivity contribution is -0.132. The predicted octanol–water partition coefficient (Wildman–Crippen LogP) is 0.293. The van der Waals surface area contributed by atoms with Crippen molar-refractivity contribution in [2.45, 2.75) is 38.8 Å². The van der Waals surface area contributed by atoms with Crippen LogP contribution in [0.5, 0.6) is 0 Å². The Morgan fingerprint density at radius 1 is 1.37 bits per heavy atom. The number of morpholine rings is 1. The molecule has 3 atom stereocenters. The van der Waals surface area contributed by atoms with E-state index in [2.05, 4.69) is 18.7 Å². The second-order valence-corrected chi connectivity index (χ2v) is 5.79. The Labute approximate surface area is 116 Å². The van der Waals surface area contributed by atoms with Gasteiger partial charge in [-0.1, -0.05) is 20.3 Å². The van der Waals surface area contributed by atoms with E-state index in [4.69, 9.17) is 10.5 Å².